The SMILES string of the molecule is CC(C)NC(=O)/C(C#N)=C/c1ccc(Br)o1. The highest BCUT2D eigenvalue weighted by Gasteiger charge is 2.10. The fourth-order valence-electron chi connectivity index (χ4n) is 1.04. The van der Waals surface area contributed by atoms with E-state index in [9.17, 15) is 4.79 Å². The minimum absolute atomic E-state index is 0.00686. The molecule has 0 saturated carbocycles. The molecule has 4 nitrogen and oxygen atoms in total. The highest BCUT2D eigenvalue weighted by Crippen LogP contribution is 2.16. The first-order valence-corrected chi connectivity index (χ1v) is 5.50. The summed E-state index contributed by atoms with van der Waals surface area (Å²) < 4.78 is 5.74. The van der Waals surface area contributed by atoms with Crippen LogP contribution in [0.5, 0.6) is 0 Å². The molecular weight excluding hydrogens is 272 g/mol. The number of furan rings is 1. The summed E-state index contributed by atoms with van der Waals surface area (Å²) in [6, 6.07) is 5.20. The second kappa shape index (κ2) is 5.52. The average molecular weight is 283 g/mol. The average Bonchev–Trinajstić information content (AvgIpc) is 2.59. The van der Waals surface area contributed by atoms with E-state index in [1.807, 2.05) is 19.9 Å². The van der Waals surface area contributed by atoms with E-state index in [1.54, 1.807) is 12.1 Å². The normalized spacial score (nSPS) is 11.3. The first-order valence-electron chi connectivity index (χ1n) is 4.71. The van der Waals surface area contributed by atoms with Gasteiger partial charge in [0.05, 0.1) is 0 Å². The molecule has 0 fully saturated rings. The summed E-state index contributed by atoms with van der Waals surface area (Å²) in [5.74, 6) is 0.0624. The van der Waals surface area contributed by atoms with Gasteiger partial charge in [-0.05, 0) is 41.9 Å². The van der Waals surface area contributed by atoms with Crippen LogP contribution in [-0.2, 0) is 4.79 Å². The van der Waals surface area contributed by atoms with Crippen LogP contribution in [-0.4, -0.2) is 11.9 Å². The standard InChI is InChI=1S/C11H11BrN2O2/c1-7(2)14-11(15)8(6-13)5-9-3-4-10(12)16-9/h3-5,7H,1-2H3,(H,14,15)/b8-5+. The molecule has 84 valence electrons. The number of nitrogens with one attached hydrogen (secondary N) is 1. The van der Waals surface area contributed by atoms with Crippen molar-refractivity contribution in [3.8, 4) is 6.07 Å². The number of carbonyl (C=O) groups is 1. The molecule has 0 spiro atoms. The van der Waals surface area contributed by atoms with Crippen LogP contribution >= 0.6 is 15.9 Å². The predicted octanol–water partition coefficient (Wildman–Crippen LogP) is 2.47. The molecule has 1 amide bonds. The molecule has 1 aromatic rings. The van der Waals surface area contributed by atoms with Crippen LogP contribution in [0.4, 0.5) is 0 Å². The molecule has 5 heteroatoms. The number of amides is 1. The van der Waals surface area contributed by atoms with Crippen molar-refractivity contribution in [1.82, 2.24) is 5.32 Å². The van der Waals surface area contributed by atoms with Gasteiger partial charge in [0, 0.05) is 12.1 Å². The molecule has 0 aliphatic carbocycles. The fourth-order valence-corrected chi connectivity index (χ4v) is 1.36. The number of rotatable bonds is 3. The Labute approximate surface area is 102 Å². The molecule has 16 heavy (non-hydrogen) atoms. The Hall–Kier alpha value is -1.54. The maximum Gasteiger partial charge on any atom is 0.262 e. The van der Waals surface area contributed by atoms with Crippen molar-refractivity contribution in [2.75, 3.05) is 0 Å². The lowest BCUT2D eigenvalue weighted by Gasteiger charge is -2.06. The van der Waals surface area contributed by atoms with E-state index in [-0.39, 0.29) is 11.6 Å². The molecule has 0 unspecified atom stereocenters. The number of hydrogen-bond donors (Lipinski definition) is 1. The molecule has 1 N–H and O–H groups in total. The predicted molar refractivity (Wildman–Crippen MR) is 63.3 cm³/mol. The van der Waals surface area contributed by atoms with E-state index in [2.05, 4.69) is 21.2 Å². The lowest BCUT2D eigenvalue weighted by atomic mass is 10.2. The molecule has 0 atom stereocenters. The van der Waals surface area contributed by atoms with Gasteiger partial charge in [0.25, 0.3) is 5.91 Å². The van der Waals surface area contributed by atoms with Gasteiger partial charge in [-0.1, -0.05) is 0 Å². The van der Waals surface area contributed by atoms with Crippen molar-refractivity contribution < 1.29 is 9.21 Å². The van der Waals surface area contributed by atoms with E-state index in [0.717, 1.165) is 0 Å². The summed E-state index contributed by atoms with van der Waals surface area (Å²) in [7, 11) is 0. The van der Waals surface area contributed by atoms with Crippen molar-refractivity contribution in [2.45, 2.75) is 19.9 Å². The largest absolute Gasteiger partial charge is 0.450 e. The molecule has 0 bridgehead atoms. The zero-order valence-electron chi connectivity index (χ0n) is 8.95. The third-order valence-corrected chi connectivity index (χ3v) is 2.09. The van der Waals surface area contributed by atoms with E-state index in [4.69, 9.17) is 9.68 Å². The van der Waals surface area contributed by atoms with E-state index < -0.39 is 5.91 Å². The summed E-state index contributed by atoms with van der Waals surface area (Å²) in [5.41, 5.74) is 0.0237. The second-order valence-corrected chi connectivity index (χ2v) is 4.22. The van der Waals surface area contributed by atoms with Gasteiger partial charge in [0.1, 0.15) is 17.4 Å². The van der Waals surface area contributed by atoms with Crippen LogP contribution < -0.4 is 5.32 Å². The lowest BCUT2D eigenvalue weighted by molar-refractivity contribution is -0.117. The third kappa shape index (κ3) is 3.55. The Kier molecular flexibility index (Phi) is 4.32. The monoisotopic (exact) mass is 282 g/mol. The number of carbonyl (C=O) groups excluding carboxylic acids is 1. The van der Waals surface area contributed by atoms with Crippen molar-refractivity contribution >= 4 is 27.9 Å². The molecule has 0 aliphatic heterocycles. The van der Waals surface area contributed by atoms with E-state index in [1.165, 1.54) is 6.08 Å². The van der Waals surface area contributed by atoms with Gasteiger partial charge >= 0.3 is 0 Å². The fraction of sp³-hybridized carbons (Fsp3) is 0.273. The molecule has 1 rings (SSSR count). The van der Waals surface area contributed by atoms with Gasteiger partial charge in [-0.3, -0.25) is 4.79 Å². The smallest absolute Gasteiger partial charge is 0.262 e. The number of hydrogen-bond acceptors (Lipinski definition) is 3. The Balaban J connectivity index is 2.87. The summed E-state index contributed by atoms with van der Waals surface area (Å²) in [4.78, 5) is 11.5. The third-order valence-electron chi connectivity index (χ3n) is 1.67. The Morgan fingerprint density at radius 1 is 1.62 bits per heavy atom. The number of halogens is 1. The van der Waals surface area contributed by atoms with Gasteiger partial charge in [0.15, 0.2) is 4.67 Å². The Morgan fingerprint density at radius 3 is 2.75 bits per heavy atom. The Bertz CT molecular complexity index is 455. The van der Waals surface area contributed by atoms with Crippen molar-refractivity contribution in [3.63, 3.8) is 0 Å². The Morgan fingerprint density at radius 2 is 2.31 bits per heavy atom. The van der Waals surface area contributed by atoms with Crippen LogP contribution in [0.3, 0.4) is 0 Å². The summed E-state index contributed by atoms with van der Waals surface area (Å²) in [6.45, 7) is 3.66. The van der Waals surface area contributed by atoms with Crippen molar-refractivity contribution in [1.29, 1.82) is 5.26 Å². The number of nitrogens with zero attached hydrogens (tertiary/aromatic N) is 1. The lowest BCUT2D eigenvalue weighted by Crippen LogP contribution is -2.30. The van der Waals surface area contributed by atoms with Crippen LogP contribution in [0.25, 0.3) is 6.08 Å². The van der Waals surface area contributed by atoms with Crippen molar-refractivity contribution in [2.24, 2.45) is 0 Å². The second-order valence-electron chi connectivity index (χ2n) is 3.44. The summed E-state index contributed by atoms with van der Waals surface area (Å²) in [6.07, 6.45) is 1.41. The molecule has 1 heterocycles. The van der Waals surface area contributed by atoms with Gasteiger partial charge in [-0.15, -0.1) is 0 Å². The van der Waals surface area contributed by atoms with Gasteiger partial charge in [-0.2, -0.15) is 5.26 Å². The number of nitriles is 1. The summed E-state index contributed by atoms with van der Waals surface area (Å²) in [5, 5.41) is 11.5. The zero-order chi connectivity index (χ0) is 12.1. The maximum atomic E-state index is 11.5. The molecule has 1 aromatic heterocycles. The molecule has 0 radical (unpaired) electrons. The summed E-state index contributed by atoms with van der Waals surface area (Å²) >= 11 is 3.14. The quantitative estimate of drug-likeness (QED) is 0.684. The van der Waals surface area contributed by atoms with Gasteiger partial charge < -0.3 is 9.73 Å². The molecule has 0 saturated heterocycles. The van der Waals surface area contributed by atoms with Crippen LogP contribution in [0.2, 0.25) is 0 Å². The maximum absolute atomic E-state index is 11.5. The van der Waals surface area contributed by atoms with Crippen LogP contribution in [0.1, 0.15) is 19.6 Å². The van der Waals surface area contributed by atoms with Crippen LogP contribution in [0.15, 0.2) is 26.8 Å². The van der Waals surface area contributed by atoms with E-state index >= 15 is 0 Å². The van der Waals surface area contributed by atoms with Crippen LogP contribution in [0, 0.1) is 11.3 Å². The molecular formula is C11H11BrN2O2. The minimum Gasteiger partial charge on any atom is -0.450 e. The minimum atomic E-state index is -0.398. The highest BCUT2D eigenvalue weighted by atomic mass is 79.9. The first-order chi connectivity index (χ1) is 7.52. The molecule has 0 aliphatic rings. The zero-order valence-corrected chi connectivity index (χ0v) is 10.5. The van der Waals surface area contributed by atoms with Gasteiger partial charge in [-0.25, -0.2) is 0 Å². The van der Waals surface area contributed by atoms with Gasteiger partial charge in [0.2, 0.25) is 0 Å². The van der Waals surface area contributed by atoms with E-state index in [0.29, 0.717) is 10.4 Å². The topological polar surface area (TPSA) is 66.0 Å². The molecule has 0 aromatic carbocycles. The van der Waals surface area contributed by atoms with Crippen molar-refractivity contribution in [3.05, 3.63) is 28.1 Å². The highest BCUT2D eigenvalue weighted by molar-refractivity contribution is 9.10. The first kappa shape index (κ1) is 12.5.